The van der Waals surface area contributed by atoms with Gasteiger partial charge in [0.25, 0.3) is 0 Å². The van der Waals surface area contributed by atoms with E-state index in [0.717, 1.165) is 31.4 Å². The lowest BCUT2D eigenvalue weighted by Crippen LogP contribution is -2.42. The molecule has 1 aliphatic carbocycles. The quantitative estimate of drug-likeness (QED) is 0.275. The molecule has 6 nitrogen and oxygen atoms in total. The van der Waals surface area contributed by atoms with Crippen molar-refractivity contribution in [3.8, 4) is 0 Å². The summed E-state index contributed by atoms with van der Waals surface area (Å²) in [4.78, 5) is 11.8. The van der Waals surface area contributed by atoms with Crippen molar-refractivity contribution in [3.05, 3.63) is 0 Å². The van der Waals surface area contributed by atoms with Gasteiger partial charge < -0.3 is 23.6 Å². The van der Waals surface area contributed by atoms with Crippen LogP contribution >= 0.6 is 20.8 Å². The van der Waals surface area contributed by atoms with Gasteiger partial charge in [-0.1, -0.05) is 32.5 Å². The van der Waals surface area contributed by atoms with Crippen LogP contribution < -0.4 is 0 Å². The molecule has 1 heterocycles. The maximum atomic E-state index is 14.9. The van der Waals surface area contributed by atoms with Crippen molar-refractivity contribution >= 4 is 25.9 Å². The number of thioether (sulfide) groups is 1. The molecule has 29 heavy (non-hydrogen) atoms. The van der Waals surface area contributed by atoms with E-state index in [2.05, 4.69) is 0 Å². The third-order valence-corrected chi connectivity index (χ3v) is 6.94. The second-order valence-electron chi connectivity index (χ2n) is 9.37. The Morgan fingerprint density at radius 2 is 1.93 bits per heavy atom. The molecule has 2 fully saturated rings. The Balaban J connectivity index is 1.53. The van der Waals surface area contributed by atoms with Crippen LogP contribution in [0.1, 0.15) is 72.6 Å². The van der Waals surface area contributed by atoms with Crippen molar-refractivity contribution in [1.82, 2.24) is 0 Å². The molecule has 0 aromatic carbocycles. The SMILES string of the molecule is CC(C)(C)C(=O)SCCCCOPOC[C@]1(F)C[C@@](C)(OC2(O)CCCC2)CO1. The highest BCUT2D eigenvalue weighted by atomic mass is 32.2. The second-order valence-corrected chi connectivity index (χ2v) is 11.2. The third kappa shape index (κ3) is 8.68. The maximum Gasteiger partial charge on any atom is 0.236 e. The van der Waals surface area contributed by atoms with Crippen molar-refractivity contribution in [1.29, 1.82) is 0 Å². The highest BCUT2D eigenvalue weighted by Gasteiger charge is 2.52. The number of hydrogen-bond donors (Lipinski definition) is 1. The number of carbonyl (C=O) groups is 1. The molecule has 1 saturated heterocycles. The first-order valence-corrected chi connectivity index (χ1v) is 12.2. The monoisotopic (exact) mass is 454 g/mol. The van der Waals surface area contributed by atoms with E-state index in [1.54, 1.807) is 6.92 Å². The van der Waals surface area contributed by atoms with Crippen molar-refractivity contribution in [2.45, 2.75) is 89.9 Å². The fourth-order valence-electron chi connectivity index (χ4n) is 3.47. The van der Waals surface area contributed by atoms with E-state index in [4.69, 9.17) is 18.5 Å². The molecule has 9 heteroatoms. The van der Waals surface area contributed by atoms with Crippen molar-refractivity contribution in [3.63, 3.8) is 0 Å². The molecule has 0 spiro atoms. The molecule has 0 aromatic heterocycles. The van der Waals surface area contributed by atoms with Crippen LogP contribution in [0.3, 0.4) is 0 Å². The summed E-state index contributed by atoms with van der Waals surface area (Å²) in [5, 5.41) is 10.6. The van der Waals surface area contributed by atoms with E-state index in [1.165, 1.54) is 11.8 Å². The average Bonchev–Trinajstić information content (AvgIpc) is 3.15. The zero-order valence-electron chi connectivity index (χ0n) is 18.1. The Labute approximate surface area is 179 Å². The van der Waals surface area contributed by atoms with Gasteiger partial charge in [0.05, 0.1) is 18.8 Å². The van der Waals surface area contributed by atoms with Gasteiger partial charge in [0, 0.05) is 30.4 Å². The third-order valence-electron chi connectivity index (χ3n) is 4.99. The van der Waals surface area contributed by atoms with Gasteiger partial charge in [-0.3, -0.25) is 4.79 Å². The number of halogens is 1. The molecule has 0 amide bonds. The molecular weight excluding hydrogens is 418 g/mol. The summed E-state index contributed by atoms with van der Waals surface area (Å²) in [5.74, 6) is -2.31. The highest BCUT2D eigenvalue weighted by molar-refractivity contribution is 8.13. The molecule has 170 valence electrons. The Kier molecular flexibility index (Phi) is 9.36. The van der Waals surface area contributed by atoms with E-state index in [-0.39, 0.29) is 39.2 Å². The normalized spacial score (nSPS) is 29.9. The minimum Gasteiger partial charge on any atom is -0.365 e. The minimum atomic E-state index is -1.93. The molecule has 1 unspecified atom stereocenters. The summed E-state index contributed by atoms with van der Waals surface area (Å²) < 4.78 is 36.7. The van der Waals surface area contributed by atoms with Crippen LogP contribution in [-0.4, -0.2) is 53.0 Å². The van der Waals surface area contributed by atoms with Crippen LogP contribution in [-0.2, 0) is 23.3 Å². The van der Waals surface area contributed by atoms with Gasteiger partial charge in [0.2, 0.25) is 5.85 Å². The van der Waals surface area contributed by atoms with Crippen LogP contribution in [0.15, 0.2) is 0 Å². The van der Waals surface area contributed by atoms with Crippen LogP contribution in [0, 0.1) is 5.41 Å². The molecular formula is C20H36FO6PS. The predicted octanol–water partition coefficient (Wildman–Crippen LogP) is 4.74. The molecule has 0 radical (unpaired) electrons. The summed E-state index contributed by atoms with van der Waals surface area (Å²) in [5.41, 5.74) is -1.17. The van der Waals surface area contributed by atoms with E-state index >= 15 is 0 Å². The fourth-order valence-corrected chi connectivity index (χ4v) is 5.02. The number of unbranched alkanes of at least 4 members (excludes halogenated alkanes) is 1. The fraction of sp³-hybridized carbons (Fsp3) is 0.950. The zero-order valence-corrected chi connectivity index (χ0v) is 19.9. The van der Waals surface area contributed by atoms with Crippen LogP contribution in [0.4, 0.5) is 4.39 Å². The van der Waals surface area contributed by atoms with E-state index < -0.39 is 17.2 Å². The van der Waals surface area contributed by atoms with Crippen LogP contribution in [0.5, 0.6) is 0 Å². The van der Waals surface area contributed by atoms with Gasteiger partial charge in [-0.2, -0.15) is 0 Å². The lowest BCUT2D eigenvalue weighted by molar-refractivity contribution is -0.256. The highest BCUT2D eigenvalue weighted by Crippen LogP contribution is 2.43. The largest absolute Gasteiger partial charge is 0.365 e. The number of ether oxygens (including phenoxy) is 2. The number of carbonyl (C=O) groups excluding carboxylic acids is 1. The Morgan fingerprint density at radius 1 is 1.24 bits per heavy atom. The van der Waals surface area contributed by atoms with Gasteiger partial charge >= 0.3 is 0 Å². The van der Waals surface area contributed by atoms with Gasteiger partial charge in [0.15, 0.2) is 19.9 Å². The first-order valence-electron chi connectivity index (χ1n) is 10.4. The minimum absolute atomic E-state index is 0.0197. The molecule has 1 aliphatic heterocycles. The average molecular weight is 455 g/mol. The Hall–Kier alpha value is 0.180. The Bertz CT molecular complexity index is 540. The lowest BCUT2D eigenvalue weighted by Gasteiger charge is -2.33. The summed E-state index contributed by atoms with van der Waals surface area (Å²) >= 11 is 1.36. The van der Waals surface area contributed by atoms with Crippen LogP contribution in [0.2, 0.25) is 0 Å². The van der Waals surface area contributed by atoms with E-state index in [9.17, 15) is 14.3 Å². The standard InChI is InChI=1S/C20H36FO6PS/c1-17(2,3)16(22)29-12-8-7-11-25-28-26-15-19(21)13-18(4,14-24-19)27-20(23)9-5-6-10-20/h23,28H,5-15H2,1-4H3/t18-,19+/m1/s1. The van der Waals surface area contributed by atoms with Crippen molar-refractivity contribution < 1.29 is 32.8 Å². The van der Waals surface area contributed by atoms with E-state index in [0.29, 0.717) is 19.4 Å². The van der Waals surface area contributed by atoms with Crippen LogP contribution in [0.25, 0.3) is 0 Å². The molecule has 1 saturated carbocycles. The smallest absolute Gasteiger partial charge is 0.236 e. The Morgan fingerprint density at radius 3 is 2.59 bits per heavy atom. The first-order chi connectivity index (χ1) is 13.5. The summed E-state index contributed by atoms with van der Waals surface area (Å²) in [7, 11) is -0.264. The van der Waals surface area contributed by atoms with Gasteiger partial charge in [0.1, 0.15) is 6.61 Å². The van der Waals surface area contributed by atoms with Crippen molar-refractivity contribution in [2.75, 3.05) is 25.6 Å². The number of aliphatic hydroxyl groups is 1. The molecule has 0 aromatic rings. The molecule has 2 rings (SSSR count). The molecule has 3 atom stereocenters. The summed E-state index contributed by atoms with van der Waals surface area (Å²) in [6.07, 6.45) is 4.72. The topological polar surface area (TPSA) is 74.2 Å². The molecule has 1 N–H and O–H groups in total. The predicted molar refractivity (Wildman–Crippen MR) is 114 cm³/mol. The summed E-state index contributed by atoms with van der Waals surface area (Å²) in [6.45, 7) is 7.90. The van der Waals surface area contributed by atoms with E-state index in [1.807, 2.05) is 20.8 Å². The molecule has 0 bridgehead atoms. The lowest BCUT2D eigenvalue weighted by atomic mass is 10.00. The number of hydrogen-bond acceptors (Lipinski definition) is 7. The maximum absolute atomic E-state index is 14.9. The van der Waals surface area contributed by atoms with Gasteiger partial charge in [-0.05, 0) is 32.6 Å². The number of rotatable bonds is 11. The summed E-state index contributed by atoms with van der Waals surface area (Å²) in [6, 6.07) is 0. The van der Waals surface area contributed by atoms with Gasteiger partial charge in [-0.15, -0.1) is 0 Å². The zero-order chi connectivity index (χ0) is 21.6. The second kappa shape index (κ2) is 10.7. The number of alkyl halides is 1. The van der Waals surface area contributed by atoms with Gasteiger partial charge in [-0.25, -0.2) is 4.39 Å². The molecule has 2 aliphatic rings. The van der Waals surface area contributed by atoms with Crippen molar-refractivity contribution in [2.24, 2.45) is 5.41 Å². The first kappa shape index (κ1) is 25.4.